The van der Waals surface area contributed by atoms with Gasteiger partial charge in [0.1, 0.15) is 5.82 Å². The molecule has 1 heterocycles. The number of nitrogens with one attached hydrogen (secondary N) is 1. The summed E-state index contributed by atoms with van der Waals surface area (Å²) in [6.45, 7) is 0.579. The predicted molar refractivity (Wildman–Crippen MR) is 62.6 cm³/mol. The summed E-state index contributed by atoms with van der Waals surface area (Å²) in [5, 5.41) is 0.523. The average Bonchev–Trinajstić information content (AvgIpc) is 2.20. The molecule has 0 aromatic carbocycles. The summed E-state index contributed by atoms with van der Waals surface area (Å²) in [6.07, 6.45) is 0. The summed E-state index contributed by atoms with van der Waals surface area (Å²) in [6, 6.07) is 3.36. The first kappa shape index (κ1) is 12.7. The summed E-state index contributed by atoms with van der Waals surface area (Å²) in [7, 11) is 1.76. The van der Waals surface area contributed by atoms with Crippen molar-refractivity contribution in [2.75, 3.05) is 19.0 Å². The zero-order valence-electron chi connectivity index (χ0n) is 8.90. The molecule has 0 unspecified atom stereocenters. The number of nitrogen functional groups attached to an aromatic ring is 1. The van der Waals surface area contributed by atoms with Crippen molar-refractivity contribution in [1.29, 1.82) is 0 Å². The first-order valence-corrected chi connectivity index (χ1v) is 4.99. The van der Waals surface area contributed by atoms with Crippen LogP contribution in [-0.2, 0) is 11.3 Å². The molecule has 1 amide bonds. The van der Waals surface area contributed by atoms with Crippen LogP contribution >= 0.6 is 11.6 Å². The number of pyridine rings is 1. The maximum Gasteiger partial charge on any atom is 0.231 e. The second-order valence-corrected chi connectivity index (χ2v) is 3.82. The number of hydrazine groups is 1. The van der Waals surface area contributed by atoms with Gasteiger partial charge in [-0.3, -0.25) is 9.69 Å². The molecule has 7 heteroatoms. The van der Waals surface area contributed by atoms with E-state index in [0.29, 0.717) is 23.1 Å². The van der Waals surface area contributed by atoms with Crippen LogP contribution in [0.25, 0.3) is 0 Å². The summed E-state index contributed by atoms with van der Waals surface area (Å²) in [4.78, 5) is 16.6. The average molecular weight is 244 g/mol. The Hall–Kier alpha value is -1.37. The lowest BCUT2D eigenvalue weighted by atomic mass is 10.3. The van der Waals surface area contributed by atoms with Crippen molar-refractivity contribution >= 4 is 23.3 Å². The van der Waals surface area contributed by atoms with Crippen molar-refractivity contribution in [3.05, 3.63) is 22.8 Å². The van der Waals surface area contributed by atoms with Crippen molar-refractivity contribution in [1.82, 2.24) is 9.88 Å². The fraction of sp³-hybridized carbons (Fsp3) is 0.333. The fourth-order valence-corrected chi connectivity index (χ4v) is 1.42. The van der Waals surface area contributed by atoms with Gasteiger partial charge in [0.05, 0.1) is 17.3 Å². The molecule has 1 rings (SSSR count). The standard InChI is InChI=1S/C9H14ClN5O/c1-15(5-8(11)16)4-7-6(10)2-3-9(13-7)14-12/h2-3H,4-5,12H2,1H3,(H2,11,16)(H,13,14). The van der Waals surface area contributed by atoms with Crippen molar-refractivity contribution in [3.63, 3.8) is 0 Å². The molecule has 16 heavy (non-hydrogen) atoms. The van der Waals surface area contributed by atoms with Crippen LogP contribution in [-0.4, -0.2) is 29.4 Å². The molecule has 1 aromatic rings. The van der Waals surface area contributed by atoms with Gasteiger partial charge in [-0.1, -0.05) is 11.6 Å². The number of hydrogen-bond donors (Lipinski definition) is 3. The molecule has 0 spiro atoms. The number of rotatable bonds is 5. The molecule has 1 aromatic heterocycles. The van der Waals surface area contributed by atoms with E-state index in [1.807, 2.05) is 0 Å². The molecule has 0 saturated heterocycles. The first-order valence-electron chi connectivity index (χ1n) is 4.62. The van der Waals surface area contributed by atoms with Crippen molar-refractivity contribution in [3.8, 4) is 0 Å². The van der Waals surface area contributed by atoms with Gasteiger partial charge in [-0.2, -0.15) is 0 Å². The van der Waals surface area contributed by atoms with Gasteiger partial charge in [-0.15, -0.1) is 0 Å². The van der Waals surface area contributed by atoms with Gasteiger partial charge in [0, 0.05) is 6.54 Å². The molecule has 0 saturated carbocycles. The quantitative estimate of drug-likeness (QED) is 0.497. The van der Waals surface area contributed by atoms with Crippen LogP contribution in [0.4, 0.5) is 5.82 Å². The number of anilines is 1. The van der Waals surface area contributed by atoms with Gasteiger partial charge >= 0.3 is 0 Å². The largest absolute Gasteiger partial charge is 0.369 e. The van der Waals surface area contributed by atoms with Crippen LogP contribution in [0.3, 0.4) is 0 Å². The highest BCUT2D eigenvalue weighted by Crippen LogP contribution is 2.17. The zero-order chi connectivity index (χ0) is 12.1. The summed E-state index contributed by atoms with van der Waals surface area (Å²) < 4.78 is 0. The molecule has 0 radical (unpaired) electrons. The van der Waals surface area contributed by atoms with Crippen LogP contribution in [0.15, 0.2) is 12.1 Å². The van der Waals surface area contributed by atoms with Crippen LogP contribution in [0, 0.1) is 0 Å². The predicted octanol–water partition coefficient (Wildman–Crippen LogP) is -0.0623. The minimum Gasteiger partial charge on any atom is -0.369 e. The van der Waals surface area contributed by atoms with E-state index in [1.54, 1.807) is 24.1 Å². The van der Waals surface area contributed by atoms with Gasteiger partial charge in [-0.25, -0.2) is 10.8 Å². The zero-order valence-corrected chi connectivity index (χ0v) is 9.66. The van der Waals surface area contributed by atoms with Crippen LogP contribution in [0.1, 0.15) is 5.69 Å². The molecule has 5 N–H and O–H groups in total. The van der Waals surface area contributed by atoms with Gasteiger partial charge < -0.3 is 11.2 Å². The smallest absolute Gasteiger partial charge is 0.231 e. The molecule has 6 nitrogen and oxygen atoms in total. The maximum absolute atomic E-state index is 10.7. The maximum atomic E-state index is 10.7. The highest BCUT2D eigenvalue weighted by molar-refractivity contribution is 6.31. The number of carbonyl (C=O) groups is 1. The summed E-state index contributed by atoms with van der Waals surface area (Å²) in [5.41, 5.74) is 8.14. The number of aromatic nitrogens is 1. The molecule has 0 atom stereocenters. The van der Waals surface area contributed by atoms with Gasteiger partial charge in [-0.05, 0) is 19.2 Å². The lowest BCUT2D eigenvalue weighted by Gasteiger charge is -2.15. The number of halogens is 1. The molecule has 0 fully saturated rings. The minimum atomic E-state index is -0.397. The van der Waals surface area contributed by atoms with Crippen LogP contribution in [0.2, 0.25) is 5.02 Å². The van der Waals surface area contributed by atoms with Crippen molar-refractivity contribution in [2.24, 2.45) is 11.6 Å². The summed E-state index contributed by atoms with van der Waals surface area (Å²) >= 11 is 5.96. The third-order valence-corrected chi connectivity index (χ3v) is 2.26. The number of primary amides is 1. The third kappa shape index (κ3) is 3.65. The number of carbonyl (C=O) groups excluding carboxylic acids is 1. The van der Waals surface area contributed by atoms with Gasteiger partial charge in [0.25, 0.3) is 0 Å². The Morgan fingerprint density at radius 1 is 1.62 bits per heavy atom. The number of hydrogen-bond acceptors (Lipinski definition) is 5. The Kier molecular flexibility index (Phi) is 4.48. The van der Waals surface area contributed by atoms with E-state index in [0.717, 1.165) is 0 Å². The fourth-order valence-electron chi connectivity index (χ4n) is 1.25. The second kappa shape index (κ2) is 5.64. The Balaban J connectivity index is 2.75. The number of nitrogens with two attached hydrogens (primary N) is 2. The molecule has 0 bridgehead atoms. The molecule has 88 valence electrons. The minimum absolute atomic E-state index is 0.151. The molecular formula is C9H14ClN5O. The lowest BCUT2D eigenvalue weighted by Crippen LogP contribution is -2.30. The second-order valence-electron chi connectivity index (χ2n) is 3.41. The normalized spacial score (nSPS) is 10.5. The highest BCUT2D eigenvalue weighted by Gasteiger charge is 2.08. The highest BCUT2D eigenvalue weighted by atomic mass is 35.5. The first-order chi connectivity index (χ1) is 7.52. The Morgan fingerprint density at radius 3 is 2.88 bits per heavy atom. The molecule has 0 aliphatic rings. The van der Waals surface area contributed by atoms with E-state index in [2.05, 4.69) is 10.4 Å². The van der Waals surface area contributed by atoms with Crippen molar-refractivity contribution in [2.45, 2.75) is 6.54 Å². The van der Waals surface area contributed by atoms with E-state index < -0.39 is 5.91 Å². The third-order valence-electron chi connectivity index (χ3n) is 1.91. The number of likely N-dealkylation sites (N-methyl/N-ethyl adjacent to an activating group) is 1. The van der Waals surface area contributed by atoms with E-state index in [4.69, 9.17) is 23.2 Å². The van der Waals surface area contributed by atoms with E-state index in [1.165, 1.54) is 0 Å². The molecular weight excluding hydrogens is 230 g/mol. The Bertz CT molecular complexity index is 384. The van der Waals surface area contributed by atoms with Gasteiger partial charge in [0.2, 0.25) is 5.91 Å². The molecule has 0 aliphatic heterocycles. The number of amides is 1. The Morgan fingerprint density at radius 2 is 2.31 bits per heavy atom. The SMILES string of the molecule is CN(CC(N)=O)Cc1nc(NN)ccc1Cl. The monoisotopic (exact) mass is 243 g/mol. The van der Waals surface area contributed by atoms with Gasteiger partial charge in [0.15, 0.2) is 0 Å². The molecule has 0 aliphatic carbocycles. The summed E-state index contributed by atoms with van der Waals surface area (Å²) in [5.74, 6) is 5.36. The topological polar surface area (TPSA) is 97.3 Å². The van der Waals surface area contributed by atoms with E-state index in [-0.39, 0.29) is 6.54 Å². The van der Waals surface area contributed by atoms with Crippen LogP contribution < -0.4 is 17.0 Å². The number of nitrogens with zero attached hydrogens (tertiary/aromatic N) is 2. The lowest BCUT2D eigenvalue weighted by molar-refractivity contribution is -0.118. The van der Waals surface area contributed by atoms with Crippen LogP contribution in [0.5, 0.6) is 0 Å². The van der Waals surface area contributed by atoms with E-state index in [9.17, 15) is 4.79 Å². The van der Waals surface area contributed by atoms with Crippen molar-refractivity contribution < 1.29 is 4.79 Å². The van der Waals surface area contributed by atoms with E-state index >= 15 is 0 Å². The Labute approximate surface area is 98.5 Å².